The first kappa shape index (κ1) is 28.4. The number of ether oxygens (including phenoxy) is 4. The van der Waals surface area contributed by atoms with Gasteiger partial charge in [-0.2, -0.15) is 5.10 Å². The van der Waals surface area contributed by atoms with Crippen molar-refractivity contribution in [3.63, 3.8) is 0 Å². The van der Waals surface area contributed by atoms with E-state index in [0.717, 1.165) is 16.8 Å². The fraction of sp³-hybridized carbons (Fsp3) is 0.226. The normalized spacial score (nSPS) is 11.3. The van der Waals surface area contributed by atoms with Gasteiger partial charge in [-0.3, -0.25) is 10.4 Å². The van der Waals surface area contributed by atoms with Crippen molar-refractivity contribution < 1.29 is 23.7 Å². The number of fused-ring (bicyclic) bond motifs is 1. The number of carbonyl (C=O) groups is 1. The standard InChI is InChI=1S/C31H32N6O5/c1-6-41-31(2,3)23-13-8-7-12-21(23)25-17-28(37-36-25)35-30(38)34-19-10-9-11-20(14-19)42-29-22-15-26(39-4)27(40-5)16-24(22)32-18-33-29/h7-18H,6H2,1-5H3,(H3,34,35,36,37,38). The van der Waals surface area contributed by atoms with E-state index >= 15 is 0 Å². The molecule has 2 heterocycles. The van der Waals surface area contributed by atoms with Crippen LogP contribution in [-0.4, -0.2) is 47.0 Å². The fourth-order valence-corrected chi connectivity index (χ4v) is 4.67. The SMILES string of the molecule is CCOC(C)(C)c1ccccc1-c1cc(NC(=O)Nc2cccc(Oc3ncnc4cc(OC)c(OC)cc34)c2)n[nH]1. The third-order valence-electron chi connectivity index (χ3n) is 6.60. The van der Waals surface area contributed by atoms with Crippen LogP contribution in [0.2, 0.25) is 0 Å². The van der Waals surface area contributed by atoms with Gasteiger partial charge in [0.2, 0.25) is 5.88 Å². The average molecular weight is 569 g/mol. The summed E-state index contributed by atoms with van der Waals surface area (Å²) in [4.78, 5) is 21.4. The van der Waals surface area contributed by atoms with E-state index in [0.29, 0.717) is 52.1 Å². The maximum Gasteiger partial charge on any atom is 0.324 e. The van der Waals surface area contributed by atoms with E-state index in [9.17, 15) is 4.79 Å². The van der Waals surface area contributed by atoms with Crippen LogP contribution in [0.5, 0.6) is 23.1 Å². The van der Waals surface area contributed by atoms with Gasteiger partial charge in [0, 0.05) is 36.1 Å². The minimum absolute atomic E-state index is 0.333. The number of amides is 2. The molecule has 5 aromatic rings. The molecule has 3 N–H and O–H groups in total. The fourth-order valence-electron chi connectivity index (χ4n) is 4.67. The molecule has 0 aliphatic carbocycles. The number of aromatic nitrogens is 4. The number of rotatable bonds is 10. The maximum absolute atomic E-state index is 12.8. The average Bonchev–Trinajstić information content (AvgIpc) is 3.45. The van der Waals surface area contributed by atoms with Gasteiger partial charge in [0.05, 0.1) is 36.4 Å². The highest BCUT2D eigenvalue weighted by atomic mass is 16.5. The topological polar surface area (TPSA) is 133 Å². The van der Waals surface area contributed by atoms with Crippen LogP contribution in [0, 0.1) is 0 Å². The second-order valence-electron chi connectivity index (χ2n) is 9.77. The van der Waals surface area contributed by atoms with E-state index in [1.54, 1.807) is 56.7 Å². The first-order chi connectivity index (χ1) is 20.3. The molecule has 0 unspecified atom stereocenters. The number of aromatic amines is 1. The predicted molar refractivity (Wildman–Crippen MR) is 160 cm³/mol. The third-order valence-corrected chi connectivity index (χ3v) is 6.60. The lowest BCUT2D eigenvalue weighted by Gasteiger charge is -2.27. The second kappa shape index (κ2) is 12.1. The van der Waals surface area contributed by atoms with Crippen LogP contribution < -0.4 is 24.8 Å². The molecular weight excluding hydrogens is 536 g/mol. The summed E-state index contributed by atoms with van der Waals surface area (Å²) < 4.78 is 22.8. The molecule has 0 saturated carbocycles. The van der Waals surface area contributed by atoms with Crippen molar-refractivity contribution >= 4 is 28.4 Å². The molecule has 2 amide bonds. The molecule has 3 aromatic carbocycles. The molecule has 11 nitrogen and oxygen atoms in total. The number of hydrogen-bond acceptors (Lipinski definition) is 8. The van der Waals surface area contributed by atoms with Crippen molar-refractivity contribution in [3.8, 4) is 34.4 Å². The highest BCUT2D eigenvalue weighted by molar-refractivity contribution is 5.99. The molecule has 5 rings (SSSR count). The number of anilines is 2. The Bertz CT molecular complexity index is 1720. The Morgan fingerprint density at radius 3 is 2.50 bits per heavy atom. The zero-order valence-corrected chi connectivity index (χ0v) is 24.0. The van der Waals surface area contributed by atoms with Crippen LogP contribution in [-0.2, 0) is 10.3 Å². The lowest BCUT2D eigenvalue weighted by atomic mass is 9.91. The first-order valence-electron chi connectivity index (χ1n) is 13.3. The van der Waals surface area contributed by atoms with Crippen molar-refractivity contribution in [2.24, 2.45) is 0 Å². The Morgan fingerprint density at radius 1 is 0.929 bits per heavy atom. The van der Waals surface area contributed by atoms with Gasteiger partial charge in [-0.05, 0) is 44.5 Å². The highest BCUT2D eigenvalue weighted by Gasteiger charge is 2.25. The third kappa shape index (κ3) is 6.11. The van der Waals surface area contributed by atoms with Gasteiger partial charge in [0.1, 0.15) is 12.1 Å². The van der Waals surface area contributed by atoms with E-state index in [4.69, 9.17) is 18.9 Å². The molecule has 0 radical (unpaired) electrons. The summed E-state index contributed by atoms with van der Waals surface area (Å²) in [6.07, 6.45) is 1.41. The van der Waals surface area contributed by atoms with Crippen LogP contribution in [0.15, 0.2) is 73.1 Å². The van der Waals surface area contributed by atoms with E-state index in [-0.39, 0.29) is 0 Å². The number of urea groups is 1. The summed E-state index contributed by atoms with van der Waals surface area (Å²) in [7, 11) is 3.12. The minimum atomic E-state index is -0.495. The summed E-state index contributed by atoms with van der Waals surface area (Å²) in [5, 5.41) is 13.5. The molecule has 11 heteroatoms. The Morgan fingerprint density at radius 2 is 1.71 bits per heavy atom. The van der Waals surface area contributed by atoms with Crippen molar-refractivity contribution in [3.05, 3.63) is 78.6 Å². The lowest BCUT2D eigenvalue weighted by Crippen LogP contribution is -2.22. The van der Waals surface area contributed by atoms with Gasteiger partial charge in [0.15, 0.2) is 17.3 Å². The predicted octanol–water partition coefficient (Wildman–Crippen LogP) is 6.75. The molecule has 0 aliphatic heterocycles. The van der Waals surface area contributed by atoms with E-state index in [1.165, 1.54) is 6.33 Å². The van der Waals surface area contributed by atoms with Gasteiger partial charge in [0.25, 0.3) is 0 Å². The Balaban J connectivity index is 1.29. The Labute approximate surface area is 243 Å². The molecule has 0 bridgehead atoms. The van der Waals surface area contributed by atoms with Crippen molar-refractivity contribution in [1.82, 2.24) is 20.2 Å². The molecule has 2 aromatic heterocycles. The molecule has 42 heavy (non-hydrogen) atoms. The first-order valence-corrected chi connectivity index (χ1v) is 13.3. The van der Waals surface area contributed by atoms with E-state index in [1.807, 2.05) is 45.0 Å². The smallest absolute Gasteiger partial charge is 0.324 e. The Kier molecular flexibility index (Phi) is 8.21. The maximum atomic E-state index is 12.8. The lowest BCUT2D eigenvalue weighted by molar-refractivity contribution is -0.0136. The second-order valence-corrected chi connectivity index (χ2v) is 9.77. The zero-order chi connectivity index (χ0) is 29.7. The number of nitrogens with one attached hydrogen (secondary N) is 3. The summed E-state index contributed by atoms with van der Waals surface area (Å²) in [6, 6.07) is 19.7. The summed E-state index contributed by atoms with van der Waals surface area (Å²) in [5.41, 5.74) is 3.37. The van der Waals surface area contributed by atoms with Gasteiger partial charge in [-0.1, -0.05) is 30.3 Å². The number of hydrogen-bond donors (Lipinski definition) is 3. The van der Waals surface area contributed by atoms with Gasteiger partial charge in [-0.15, -0.1) is 0 Å². The van der Waals surface area contributed by atoms with E-state index < -0.39 is 11.6 Å². The molecule has 0 atom stereocenters. The van der Waals surface area contributed by atoms with Gasteiger partial charge >= 0.3 is 6.03 Å². The molecule has 0 aliphatic rings. The van der Waals surface area contributed by atoms with Gasteiger partial charge in [-0.25, -0.2) is 14.8 Å². The summed E-state index contributed by atoms with van der Waals surface area (Å²) in [6.45, 7) is 6.61. The van der Waals surface area contributed by atoms with Crippen molar-refractivity contribution in [2.75, 3.05) is 31.5 Å². The number of nitrogens with zero attached hydrogens (tertiary/aromatic N) is 3. The highest BCUT2D eigenvalue weighted by Crippen LogP contribution is 2.36. The van der Waals surface area contributed by atoms with Crippen LogP contribution >= 0.6 is 0 Å². The zero-order valence-electron chi connectivity index (χ0n) is 24.0. The number of H-pyrrole nitrogens is 1. The monoisotopic (exact) mass is 568 g/mol. The Hall–Kier alpha value is -5.16. The summed E-state index contributed by atoms with van der Waals surface area (Å²) >= 11 is 0. The van der Waals surface area contributed by atoms with E-state index in [2.05, 4.69) is 30.8 Å². The molecular formula is C31H32N6O5. The largest absolute Gasteiger partial charge is 0.493 e. The number of methoxy groups -OCH3 is 2. The number of benzene rings is 3. The quantitative estimate of drug-likeness (QED) is 0.169. The van der Waals surface area contributed by atoms with Crippen molar-refractivity contribution in [2.45, 2.75) is 26.4 Å². The van der Waals surface area contributed by atoms with Gasteiger partial charge < -0.3 is 24.3 Å². The molecule has 0 spiro atoms. The van der Waals surface area contributed by atoms with Crippen LogP contribution in [0.4, 0.5) is 16.3 Å². The summed E-state index contributed by atoms with van der Waals surface area (Å²) in [5.74, 6) is 2.25. The van der Waals surface area contributed by atoms with Crippen LogP contribution in [0.25, 0.3) is 22.2 Å². The van der Waals surface area contributed by atoms with Crippen LogP contribution in [0.1, 0.15) is 26.3 Å². The number of carbonyl (C=O) groups excluding carboxylic acids is 1. The van der Waals surface area contributed by atoms with Crippen LogP contribution in [0.3, 0.4) is 0 Å². The minimum Gasteiger partial charge on any atom is -0.493 e. The molecule has 0 saturated heterocycles. The van der Waals surface area contributed by atoms with Crippen molar-refractivity contribution in [1.29, 1.82) is 0 Å². The molecule has 216 valence electrons. The molecule has 0 fully saturated rings.